The minimum atomic E-state index is -0.932. The number of furan rings is 1. The average molecular weight is 265 g/mol. The molecule has 0 aliphatic rings. The molecular weight excluding hydrogens is 252 g/mol. The fraction of sp³-hybridized carbons (Fsp3) is 0.214. The molecule has 0 radical (unpaired) electrons. The lowest BCUT2D eigenvalue weighted by Gasteiger charge is -2.14. The van der Waals surface area contributed by atoms with Gasteiger partial charge in [0.15, 0.2) is 11.6 Å². The summed E-state index contributed by atoms with van der Waals surface area (Å²) in [4.78, 5) is 11.9. The van der Waals surface area contributed by atoms with Crippen LogP contribution in [0.5, 0.6) is 0 Å². The summed E-state index contributed by atoms with van der Waals surface area (Å²) in [6.07, 6.45) is 1.42. The molecule has 0 saturated carbocycles. The van der Waals surface area contributed by atoms with Crippen molar-refractivity contribution in [1.29, 1.82) is 0 Å². The predicted molar refractivity (Wildman–Crippen MR) is 65.7 cm³/mol. The van der Waals surface area contributed by atoms with E-state index in [-0.39, 0.29) is 5.91 Å². The Morgan fingerprint density at radius 2 is 2.00 bits per heavy atom. The van der Waals surface area contributed by atoms with Crippen molar-refractivity contribution in [2.45, 2.75) is 19.9 Å². The Labute approximate surface area is 109 Å². The first-order valence-electron chi connectivity index (χ1n) is 5.79. The van der Waals surface area contributed by atoms with Gasteiger partial charge in [0.25, 0.3) is 5.91 Å². The summed E-state index contributed by atoms with van der Waals surface area (Å²) in [5.74, 6) is -1.65. The van der Waals surface area contributed by atoms with Gasteiger partial charge in [0.05, 0.1) is 17.9 Å². The Bertz CT molecular complexity index is 607. The number of nitrogens with one attached hydrogen (secondary N) is 1. The quantitative estimate of drug-likeness (QED) is 0.924. The third-order valence-corrected chi connectivity index (χ3v) is 2.89. The van der Waals surface area contributed by atoms with Crippen molar-refractivity contribution in [3.63, 3.8) is 0 Å². The number of amides is 1. The van der Waals surface area contributed by atoms with E-state index in [2.05, 4.69) is 5.32 Å². The Morgan fingerprint density at radius 1 is 1.26 bits per heavy atom. The van der Waals surface area contributed by atoms with Crippen molar-refractivity contribution >= 4 is 5.91 Å². The lowest BCUT2D eigenvalue weighted by molar-refractivity contribution is 0.0938. The van der Waals surface area contributed by atoms with E-state index in [1.54, 1.807) is 19.9 Å². The fourth-order valence-electron chi connectivity index (χ4n) is 1.76. The van der Waals surface area contributed by atoms with Crippen molar-refractivity contribution in [3.8, 4) is 0 Å². The molecule has 2 rings (SSSR count). The van der Waals surface area contributed by atoms with Crippen LogP contribution in [0.2, 0.25) is 0 Å². The fourth-order valence-corrected chi connectivity index (χ4v) is 1.76. The molecule has 0 aliphatic heterocycles. The molecule has 3 nitrogen and oxygen atoms in total. The van der Waals surface area contributed by atoms with Crippen molar-refractivity contribution < 1.29 is 18.0 Å². The summed E-state index contributed by atoms with van der Waals surface area (Å²) >= 11 is 0. The molecule has 1 heterocycles. The number of benzene rings is 1. The monoisotopic (exact) mass is 265 g/mol. The number of hydrogen-bond donors (Lipinski definition) is 1. The second-order valence-corrected chi connectivity index (χ2v) is 4.26. The molecule has 5 heteroatoms. The molecule has 0 spiro atoms. The molecule has 1 amide bonds. The summed E-state index contributed by atoms with van der Waals surface area (Å²) in [6, 6.07) is 4.67. The van der Waals surface area contributed by atoms with E-state index >= 15 is 0 Å². The highest BCUT2D eigenvalue weighted by Gasteiger charge is 2.16. The number of carbonyl (C=O) groups is 1. The third kappa shape index (κ3) is 2.81. The van der Waals surface area contributed by atoms with Crippen LogP contribution in [0.1, 0.15) is 34.6 Å². The van der Waals surface area contributed by atoms with Crippen LogP contribution in [0.25, 0.3) is 0 Å². The molecule has 2 aromatic rings. The molecule has 1 aromatic heterocycles. The number of hydrogen-bond acceptors (Lipinski definition) is 2. The molecule has 1 aromatic carbocycles. The van der Waals surface area contributed by atoms with Crippen molar-refractivity contribution in [2.75, 3.05) is 0 Å². The zero-order valence-corrected chi connectivity index (χ0v) is 10.5. The molecule has 1 N–H and O–H groups in total. The Kier molecular flexibility index (Phi) is 3.64. The number of aryl methyl sites for hydroxylation is 1. The molecule has 100 valence electrons. The van der Waals surface area contributed by atoms with Gasteiger partial charge in [0.1, 0.15) is 5.76 Å². The van der Waals surface area contributed by atoms with Crippen LogP contribution in [-0.4, -0.2) is 5.91 Å². The van der Waals surface area contributed by atoms with Crippen LogP contribution in [0.15, 0.2) is 34.9 Å². The van der Waals surface area contributed by atoms with Crippen LogP contribution in [-0.2, 0) is 0 Å². The molecule has 1 unspecified atom stereocenters. The van der Waals surface area contributed by atoms with E-state index in [9.17, 15) is 13.6 Å². The highest BCUT2D eigenvalue weighted by molar-refractivity contribution is 5.95. The van der Waals surface area contributed by atoms with Gasteiger partial charge in [0.2, 0.25) is 0 Å². The normalized spacial score (nSPS) is 12.2. The number of halogens is 2. The summed E-state index contributed by atoms with van der Waals surface area (Å²) in [5.41, 5.74) is 0.919. The van der Waals surface area contributed by atoms with Crippen LogP contribution in [0, 0.1) is 18.6 Å². The van der Waals surface area contributed by atoms with Crippen molar-refractivity contribution in [1.82, 2.24) is 5.32 Å². The van der Waals surface area contributed by atoms with Crippen LogP contribution in [0.3, 0.4) is 0 Å². The molecule has 0 bridgehead atoms. The van der Waals surface area contributed by atoms with E-state index in [4.69, 9.17) is 4.42 Å². The lowest BCUT2D eigenvalue weighted by atomic mass is 10.1. The maximum absolute atomic E-state index is 13.1. The second kappa shape index (κ2) is 5.22. The van der Waals surface area contributed by atoms with Crippen LogP contribution < -0.4 is 5.32 Å². The molecule has 0 aliphatic carbocycles. The largest absolute Gasteiger partial charge is 0.469 e. The highest BCUT2D eigenvalue weighted by atomic mass is 19.2. The van der Waals surface area contributed by atoms with E-state index in [0.29, 0.717) is 16.9 Å². The summed E-state index contributed by atoms with van der Waals surface area (Å²) in [7, 11) is 0. The van der Waals surface area contributed by atoms with Gasteiger partial charge in [-0.2, -0.15) is 0 Å². The minimum Gasteiger partial charge on any atom is -0.469 e. The molecule has 0 fully saturated rings. The standard InChI is InChI=1S/C14H13F2NO2/c1-8(10-3-4-12(15)13(16)7-10)17-14(18)11-5-6-19-9(11)2/h3-8H,1-2H3,(H,17,18). The van der Waals surface area contributed by atoms with Crippen LogP contribution >= 0.6 is 0 Å². The van der Waals surface area contributed by atoms with E-state index < -0.39 is 17.7 Å². The first kappa shape index (κ1) is 13.3. The predicted octanol–water partition coefficient (Wildman–Crippen LogP) is 3.36. The summed E-state index contributed by atoms with van der Waals surface area (Å²) in [5, 5.41) is 2.70. The zero-order valence-electron chi connectivity index (χ0n) is 10.5. The zero-order chi connectivity index (χ0) is 14.0. The second-order valence-electron chi connectivity index (χ2n) is 4.26. The Hall–Kier alpha value is -2.17. The Balaban J connectivity index is 2.13. The first-order valence-corrected chi connectivity index (χ1v) is 5.79. The van der Waals surface area contributed by atoms with E-state index in [1.807, 2.05) is 0 Å². The van der Waals surface area contributed by atoms with Gasteiger partial charge in [-0.15, -0.1) is 0 Å². The van der Waals surface area contributed by atoms with Gasteiger partial charge in [-0.3, -0.25) is 4.79 Å². The molecule has 19 heavy (non-hydrogen) atoms. The maximum Gasteiger partial charge on any atom is 0.255 e. The van der Waals surface area contributed by atoms with Crippen molar-refractivity contribution in [2.24, 2.45) is 0 Å². The third-order valence-electron chi connectivity index (χ3n) is 2.89. The SMILES string of the molecule is Cc1occc1C(=O)NC(C)c1ccc(F)c(F)c1. The van der Waals surface area contributed by atoms with Gasteiger partial charge in [-0.05, 0) is 37.6 Å². The van der Waals surface area contributed by atoms with Gasteiger partial charge >= 0.3 is 0 Å². The van der Waals surface area contributed by atoms with Crippen LogP contribution in [0.4, 0.5) is 8.78 Å². The molecular formula is C14H13F2NO2. The van der Waals surface area contributed by atoms with Gasteiger partial charge < -0.3 is 9.73 Å². The Morgan fingerprint density at radius 3 is 2.58 bits per heavy atom. The topological polar surface area (TPSA) is 42.2 Å². The molecule has 1 atom stereocenters. The van der Waals surface area contributed by atoms with Gasteiger partial charge in [-0.25, -0.2) is 8.78 Å². The first-order chi connectivity index (χ1) is 8.99. The maximum atomic E-state index is 13.1. The number of rotatable bonds is 3. The number of carbonyl (C=O) groups excluding carboxylic acids is 1. The summed E-state index contributed by atoms with van der Waals surface area (Å²) < 4.78 is 31.0. The van der Waals surface area contributed by atoms with E-state index in [1.165, 1.54) is 12.3 Å². The lowest BCUT2D eigenvalue weighted by Crippen LogP contribution is -2.26. The summed E-state index contributed by atoms with van der Waals surface area (Å²) in [6.45, 7) is 3.37. The molecule has 0 saturated heterocycles. The smallest absolute Gasteiger partial charge is 0.255 e. The van der Waals surface area contributed by atoms with Crippen molar-refractivity contribution in [3.05, 3.63) is 59.1 Å². The minimum absolute atomic E-state index is 0.316. The van der Waals surface area contributed by atoms with Gasteiger partial charge in [-0.1, -0.05) is 6.07 Å². The average Bonchev–Trinajstić information content (AvgIpc) is 2.79. The highest BCUT2D eigenvalue weighted by Crippen LogP contribution is 2.17. The van der Waals surface area contributed by atoms with E-state index in [0.717, 1.165) is 12.1 Å². The van der Waals surface area contributed by atoms with Gasteiger partial charge in [0, 0.05) is 0 Å².